The fourth-order valence-corrected chi connectivity index (χ4v) is 1.97. The van der Waals surface area contributed by atoms with E-state index in [2.05, 4.69) is 10.6 Å². The van der Waals surface area contributed by atoms with E-state index in [1.807, 2.05) is 12.1 Å². The second kappa shape index (κ2) is 7.84. The predicted octanol–water partition coefficient (Wildman–Crippen LogP) is 2.53. The Kier molecular flexibility index (Phi) is 5.57. The van der Waals surface area contributed by atoms with Crippen molar-refractivity contribution in [2.24, 2.45) is 0 Å². The average molecular weight is 314 g/mol. The normalized spacial score (nSPS) is 9.83. The van der Waals surface area contributed by atoms with Gasteiger partial charge < -0.3 is 20.1 Å². The van der Waals surface area contributed by atoms with Gasteiger partial charge in [0.2, 0.25) is 5.91 Å². The Morgan fingerprint density at radius 2 is 1.70 bits per heavy atom. The second-order valence-corrected chi connectivity index (χ2v) is 4.67. The molecular weight excluding hydrogens is 296 g/mol. The number of methoxy groups -OCH3 is 2. The largest absolute Gasteiger partial charge is 0.497 e. The first-order valence-corrected chi connectivity index (χ1v) is 6.99. The Morgan fingerprint density at radius 1 is 1.00 bits per heavy atom. The molecule has 2 rings (SSSR count). The first-order valence-electron chi connectivity index (χ1n) is 6.99. The maximum atomic E-state index is 12.0. The van der Waals surface area contributed by atoms with Gasteiger partial charge in [0.05, 0.1) is 32.0 Å². The summed E-state index contributed by atoms with van der Waals surface area (Å²) in [6, 6.07) is 13.9. The molecule has 0 saturated carbocycles. The van der Waals surface area contributed by atoms with Crippen LogP contribution in [0, 0.1) is 0 Å². The lowest BCUT2D eigenvalue weighted by Crippen LogP contribution is -2.23. The van der Waals surface area contributed by atoms with E-state index < -0.39 is 5.97 Å². The van der Waals surface area contributed by atoms with E-state index in [1.54, 1.807) is 43.5 Å². The molecule has 0 saturated heterocycles. The molecule has 120 valence electrons. The molecule has 1 amide bonds. The van der Waals surface area contributed by atoms with Gasteiger partial charge >= 0.3 is 5.97 Å². The first-order chi connectivity index (χ1) is 11.1. The lowest BCUT2D eigenvalue weighted by molar-refractivity contribution is -0.114. The molecule has 0 bridgehead atoms. The third-order valence-electron chi connectivity index (χ3n) is 3.15. The van der Waals surface area contributed by atoms with Crippen molar-refractivity contribution in [2.75, 3.05) is 31.4 Å². The molecule has 6 nitrogen and oxygen atoms in total. The van der Waals surface area contributed by atoms with Crippen LogP contribution in [0.1, 0.15) is 10.4 Å². The Morgan fingerprint density at radius 3 is 2.35 bits per heavy atom. The summed E-state index contributed by atoms with van der Waals surface area (Å²) in [5.74, 6) is -0.0202. The minimum atomic E-state index is -0.496. The predicted molar refractivity (Wildman–Crippen MR) is 87.9 cm³/mol. The van der Waals surface area contributed by atoms with Crippen molar-refractivity contribution in [3.05, 3.63) is 54.1 Å². The summed E-state index contributed by atoms with van der Waals surface area (Å²) in [4.78, 5) is 23.7. The minimum Gasteiger partial charge on any atom is -0.497 e. The number of hydrogen-bond donors (Lipinski definition) is 2. The zero-order valence-corrected chi connectivity index (χ0v) is 13.0. The Balaban J connectivity index is 1.95. The Hall–Kier alpha value is -3.02. The maximum Gasteiger partial charge on any atom is 0.339 e. The molecule has 0 spiro atoms. The van der Waals surface area contributed by atoms with Crippen LogP contribution in [0.5, 0.6) is 5.75 Å². The molecule has 23 heavy (non-hydrogen) atoms. The van der Waals surface area contributed by atoms with Crippen molar-refractivity contribution in [2.45, 2.75) is 0 Å². The number of para-hydroxylation sites is 1. The van der Waals surface area contributed by atoms with Crippen LogP contribution in [-0.2, 0) is 9.53 Å². The lowest BCUT2D eigenvalue weighted by Gasteiger charge is -2.11. The van der Waals surface area contributed by atoms with Crippen LogP contribution < -0.4 is 15.4 Å². The smallest absolute Gasteiger partial charge is 0.339 e. The van der Waals surface area contributed by atoms with Crippen molar-refractivity contribution in [1.29, 1.82) is 0 Å². The highest BCUT2D eigenvalue weighted by Crippen LogP contribution is 2.17. The van der Waals surface area contributed by atoms with Gasteiger partial charge in [0.1, 0.15) is 5.75 Å². The van der Waals surface area contributed by atoms with Crippen molar-refractivity contribution in [1.82, 2.24) is 0 Å². The van der Waals surface area contributed by atoms with Crippen molar-refractivity contribution < 1.29 is 19.1 Å². The van der Waals surface area contributed by atoms with Gasteiger partial charge in [-0.3, -0.25) is 4.79 Å². The number of carbonyl (C=O) groups is 2. The monoisotopic (exact) mass is 314 g/mol. The molecule has 2 aromatic rings. The van der Waals surface area contributed by atoms with E-state index in [9.17, 15) is 9.59 Å². The van der Waals surface area contributed by atoms with E-state index >= 15 is 0 Å². The molecule has 0 unspecified atom stereocenters. The van der Waals surface area contributed by atoms with E-state index in [0.29, 0.717) is 11.3 Å². The maximum absolute atomic E-state index is 12.0. The summed E-state index contributed by atoms with van der Waals surface area (Å²) in [5, 5.41) is 5.69. The molecule has 0 aliphatic rings. The topological polar surface area (TPSA) is 76.7 Å². The zero-order chi connectivity index (χ0) is 16.7. The second-order valence-electron chi connectivity index (χ2n) is 4.67. The third-order valence-corrected chi connectivity index (χ3v) is 3.15. The number of ether oxygens (including phenoxy) is 2. The standard InChI is InChI=1S/C17H18N2O4/c1-22-13-9-7-12(8-10-13)18-11-16(20)19-15-6-4-3-5-14(15)17(21)23-2/h3-10,18H,11H2,1-2H3,(H,19,20). The van der Waals surface area contributed by atoms with E-state index in [4.69, 9.17) is 9.47 Å². The highest BCUT2D eigenvalue weighted by molar-refractivity contribution is 6.02. The van der Waals surface area contributed by atoms with Crippen LogP contribution in [-0.4, -0.2) is 32.6 Å². The summed E-state index contributed by atoms with van der Waals surface area (Å²) < 4.78 is 9.76. The van der Waals surface area contributed by atoms with Gasteiger partial charge in [-0.1, -0.05) is 12.1 Å². The van der Waals surface area contributed by atoms with Crippen LogP contribution in [0.25, 0.3) is 0 Å². The number of rotatable bonds is 6. The summed E-state index contributed by atoms with van der Waals surface area (Å²) in [6.07, 6.45) is 0. The van der Waals surface area contributed by atoms with Crippen LogP contribution in [0.4, 0.5) is 11.4 Å². The van der Waals surface area contributed by atoms with Gasteiger partial charge in [-0.15, -0.1) is 0 Å². The van der Waals surface area contributed by atoms with E-state index in [0.717, 1.165) is 11.4 Å². The van der Waals surface area contributed by atoms with E-state index in [-0.39, 0.29) is 12.5 Å². The SMILES string of the molecule is COC(=O)c1ccccc1NC(=O)CNc1ccc(OC)cc1. The first kappa shape index (κ1) is 16.4. The third kappa shape index (κ3) is 4.47. The molecule has 2 aromatic carbocycles. The molecule has 0 heterocycles. The number of benzene rings is 2. The fraction of sp³-hybridized carbons (Fsp3) is 0.176. The van der Waals surface area contributed by atoms with Crippen LogP contribution in [0.3, 0.4) is 0 Å². The lowest BCUT2D eigenvalue weighted by atomic mass is 10.2. The zero-order valence-electron chi connectivity index (χ0n) is 13.0. The highest BCUT2D eigenvalue weighted by atomic mass is 16.5. The number of hydrogen-bond acceptors (Lipinski definition) is 5. The summed E-state index contributed by atoms with van der Waals surface area (Å²) in [7, 11) is 2.89. The number of anilines is 2. The molecule has 0 aliphatic heterocycles. The molecule has 0 atom stereocenters. The molecule has 0 aliphatic carbocycles. The molecule has 6 heteroatoms. The highest BCUT2D eigenvalue weighted by Gasteiger charge is 2.12. The number of nitrogens with one attached hydrogen (secondary N) is 2. The van der Waals surface area contributed by atoms with Gasteiger partial charge in [-0.2, -0.15) is 0 Å². The van der Waals surface area contributed by atoms with Crippen molar-refractivity contribution in [3.63, 3.8) is 0 Å². The summed E-state index contributed by atoms with van der Waals surface area (Å²) in [5.41, 5.74) is 1.52. The fourth-order valence-electron chi connectivity index (χ4n) is 1.97. The molecule has 0 aromatic heterocycles. The molecule has 0 radical (unpaired) electrons. The van der Waals surface area contributed by atoms with Crippen molar-refractivity contribution in [3.8, 4) is 5.75 Å². The van der Waals surface area contributed by atoms with Crippen LogP contribution in [0.2, 0.25) is 0 Å². The van der Waals surface area contributed by atoms with E-state index in [1.165, 1.54) is 7.11 Å². The molecule has 0 fully saturated rings. The number of esters is 1. The van der Waals surface area contributed by atoms with Gasteiger partial charge in [0.15, 0.2) is 0 Å². The minimum absolute atomic E-state index is 0.0713. The quantitative estimate of drug-likeness (QED) is 0.801. The molecular formula is C17H18N2O4. The van der Waals surface area contributed by atoms with Gasteiger partial charge in [0.25, 0.3) is 0 Å². The summed E-state index contributed by atoms with van der Waals surface area (Å²) in [6.45, 7) is 0.0713. The van der Waals surface area contributed by atoms with Crippen LogP contribution in [0.15, 0.2) is 48.5 Å². The summed E-state index contributed by atoms with van der Waals surface area (Å²) >= 11 is 0. The number of amides is 1. The Bertz CT molecular complexity index is 683. The van der Waals surface area contributed by atoms with Crippen molar-refractivity contribution >= 4 is 23.3 Å². The molecule has 2 N–H and O–H groups in total. The van der Waals surface area contributed by atoms with Crippen LogP contribution >= 0.6 is 0 Å². The number of carbonyl (C=O) groups excluding carboxylic acids is 2. The van der Waals surface area contributed by atoms with Gasteiger partial charge in [-0.25, -0.2) is 4.79 Å². The Labute approximate surface area is 134 Å². The van der Waals surface area contributed by atoms with Gasteiger partial charge in [-0.05, 0) is 36.4 Å². The average Bonchev–Trinajstić information content (AvgIpc) is 2.60. The van der Waals surface area contributed by atoms with Gasteiger partial charge in [0, 0.05) is 5.69 Å².